The molecule has 0 N–H and O–H groups in total. The van der Waals surface area contributed by atoms with Gasteiger partial charge in [0.05, 0.1) is 5.69 Å². The maximum atomic E-state index is 4.32. The van der Waals surface area contributed by atoms with Gasteiger partial charge in [-0.2, -0.15) is 5.10 Å². The number of nitrogens with zero attached hydrogens (tertiary/aromatic N) is 2. The SMILES string of the molecule is Cc1ccc(-n2cccn2)c(CC(C)(C)C)c1. The summed E-state index contributed by atoms with van der Waals surface area (Å²) >= 11 is 0. The van der Waals surface area contributed by atoms with Gasteiger partial charge in [0.2, 0.25) is 0 Å². The van der Waals surface area contributed by atoms with Crippen molar-refractivity contribution in [2.45, 2.75) is 34.1 Å². The fraction of sp³-hybridized carbons (Fsp3) is 0.400. The molecule has 0 saturated carbocycles. The van der Waals surface area contributed by atoms with Crippen molar-refractivity contribution in [2.24, 2.45) is 5.41 Å². The maximum Gasteiger partial charge on any atom is 0.0677 e. The first-order chi connectivity index (χ1) is 7.96. The van der Waals surface area contributed by atoms with Crippen molar-refractivity contribution >= 4 is 0 Å². The van der Waals surface area contributed by atoms with E-state index in [1.54, 1.807) is 0 Å². The minimum atomic E-state index is 0.287. The largest absolute Gasteiger partial charge is 0.241 e. The maximum absolute atomic E-state index is 4.32. The van der Waals surface area contributed by atoms with E-state index in [0.29, 0.717) is 0 Å². The highest BCUT2D eigenvalue weighted by Gasteiger charge is 2.15. The minimum absolute atomic E-state index is 0.287. The Labute approximate surface area is 103 Å². The highest BCUT2D eigenvalue weighted by atomic mass is 15.3. The second kappa shape index (κ2) is 4.36. The molecule has 0 amide bonds. The van der Waals surface area contributed by atoms with Crippen LogP contribution in [0.3, 0.4) is 0 Å². The molecule has 0 saturated heterocycles. The lowest BCUT2D eigenvalue weighted by Gasteiger charge is -2.20. The molecule has 0 aliphatic heterocycles. The molecule has 0 atom stereocenters. The van der Waals surface area contributed by atoms with Gasteiger partial charge in [0.15, 0.2) is 0 Å². The molecule has 2 heteroatoms. The zero-order valence-electron chi connectivity index (χ0n) is 11.1. The zero-order chi connectivity index (χ0) is 12.5. The van der Waals surface area contributed by atoms with Crippen molar-refractivity contribution in [3.05, 3.63) is 47.8 Å². The Bertz CT molecular complexity index is 490. The van der Waals surface area contributed by atoms with E-state index in [-0.39, 0.29) is 5.41 Å². The Morgan fingerprint density at radius 3 is 2.59 bits per heavy atom. The standard InChI is InChI=1S/C15H20N2/c1-12-6-7-14(17-9-5-8-16-17)13(10-12)11-15(2,3)4/h5-10H,11H2,1-4H3. The van der Waals surface area contributed by atoms with Crippen molar-refractivity contribution < 1.29 is 0 Å². The van der Waals surface area contributed by atoms with Crippen LogP contribution in [-0.2, 0) is 6.42 Å². The molecule has 17 heavy (non-hydrogen) atoms. The van der Waals surface area contributed by atoms with Crippen LogP contribution in [0.4, 0.5) is 0 Å². The Balaban J connectivity index is 2.45. The van der Waals surface area contributed by atoms with Crippen LogP contribution in [0.25, 0.3) is 5.69 Å². The molecule has 1 aromatic heterocycles. The molecule has 0 unspecified atom stereocenters. The van der Waals surface area contributed by atoms with E-state index in [2.05, 4.69) is 51.0 Å². The van der Waals surface area contributed by atoms with Crippen molar-refractivity contribution in [3.8, 4) is 5.69 Å². The summed E-state index contributed by atoms with van der Waals surface area (Å²) in [5, 5.41) is 4.32. The van der Waals surface area contributed by atoms with Gasteiger partial charge in [-0.05, 0) is 36.5 Å². The van der Waals surface area contributed by atoms with E-state index in [1.165, 1.54) is 16.8 Å². The van der Waals surface area contributed by atoms with E-state index in [4.69, 9.17) is 0 Å². The van der Waals surface area contributed by atoms with Crippen molar-refractivity contribution in [1.29, 1.82) is 0 Å². The predicted molar refractivity (Wildman–Crippen MR) is 71.5 cm³/mol. The Hall–Kier alpha value is -1.57. The van der Waals surface area contributed by atoms with Gasteiger partial charge < -0.3 is 0 Å². The van der Waals surface area contributed by atoms with Crippen LogP contribution in [0.15, 0.2) is 36.7 Å². The summed E-state index contributed by atoms with van der Waals surface area (Å²) in [5.41, 5.74) is 4.15. The van der Waals surface area contributed by atoms with E-state index in [9.17, 15) is 0 Å². The fourth-order valence-corrected chi connectivity index (χ4v) is 2.06. The summed E-state index contributed by atoms with van der Waals surface area (Å²) < 4.78 is 1.94. The van der Waals surface area contributed by atoms with Crippen LogP contribution >= 0.6 is 0 Å². The summed E-state index contributed by atoms with van der Waals surface area (Å²) in [6, 6.07) is 8.52. The third-order valence-electron chi connectivity index (χ3n) is 2.71. The molecule has 0 aliphatic carbocycles. The summed E-state index contributed by atoms with van der Waals surface area (Å²) in [4.78, 5) is 0. The lowest BCUT2D eigenvalue weighted by molar-refractivity contribution is 0.410. The highest BCUT2D eigenvalue weighted by Crippen LogP contribution is 2.25. The zero-order valence-corrected chi connectivity index (χ0v) is 11.1. The number of aromatic nitrogens is 2. The van der Waals surface area contributed by atoms with Crippen LogP contribution < -0.4 is 0 Å². The Kier molecular flexibility index (Phi) is 3.05. The Morgan fingerprint density at radius 1 is 1.24 bits per heavy atom. The van der Waals surface area contributed by atoms with Crippen molar-refractivity contribution in [2.75, 3.05) is 0 Å². The van der Waals surface area contributed by atoms with Gasteiger partial charge in [-0.25, -0.2) is 4.68 Å². The van der Waals surface area contributed by atoms with Crippen LogP contribution in [0.5, 0.6) is 0 Å². The van der Waals surface area contributed by atoms with Gasteiger partial charge >= 0.3 is 0 Å². The van der Waals surface area contributed by atoms with Crippen LogP contribution in [0.1, 0.15) is 31.9 Å². The molecular formula is C15H20N2. The normalized spacial score (nSPS) is 11.8. The van der Waals surface area contributed by atoms with Crippen molar-refractivity contribution in [3.63, 3.8) is 0 Å². The van der Waals surface area contributed by atoms with E-state index >= 15 is 0 Å². The highest BCUT2D eigenvalue weighted by molar-refractivity contribution is 5.43. The number of hydrogen-bond acceptors (Lipinski definition) is 1. The number of hydrogen-bond donors (Lipinski definition) is 0. The van der Waals surface area contributed by atoms with Gasteiger partial charge in [-0.1, -0.05) is 38.5 Å². The van der Waals surface area contributed by atoms with Crippen molar-refractivity contribution in [1.82, 2.24) is 9.78 Å². The van der Waals surface area contributed by atoms with Crippen LogP contribution in [-0.4, -0.2) is 9.78 Å². The van der Waals surface area contributed by atoms with E-state index < -0.39 is 0 Å². The third kappa shape index (κ3) is 2.96. The van der Waals surface area contributed by atoms with E-state index in [1.807, 2.05) is 23.1 Å². The first-order valence-corrected chi connectivity index (χ1v) is 6.05. The Morgan fingerprint density at radius 2 is 2.00 bits per heavy atom. The van der Waals surface area contributed by atoms with Gasteiger partial charge in [-0.3, -0.25) is 0 Å². The lowest BCUT2D eigenvalue weighted by Crippen LogP contribution is -2.12. The molecule has 0 spiro atoms. The molecule has 0 bridgehead atoms. The molecule has 1 heterocycles. The number of aryl methyl sites for hydroxylation is 1. The van der Waals surface area contributed by atoms with Crippen LogP contribution in [0, 0.1) is 12.3 Å². The first kappa shape index (κ1) is 11.9. The average Bonchev–Trinajstić information content (AvgIpc) is 2.68. The molecule has 1 aromatic carbocycles. The first-order valence-electron chi connectivity index (χ1n) is 6.05. The molecule has 90 valence electrons. The second-order valence-electron chi connectivity index (χ2n) is 5.82. The molecule has 2 nitrogen and oxygen atoms in total. The van der Waals surface area contributed by atoms with Gasteiger partial charge in [0.1, 0.15) is 0 Å². The third-order valence-corrected chi connectivity index (χ3v) is 2.71. The molecule has 2 rings (SSSR count). The van der Waals surface area contributed by atoms with E-state index in [0.717, 1.165) is 6.42 Å². The van der Waals surface area contributed by atoms with Gasteiger partial charge in [0, 0.05) is 12.4 Å². The summed E-state index contributed by atoms with van der Waals surface area (Å²) in [5.74, 6) is 0. The summed E-state index contributed by atoms with van der Waals surface area (Å²) in [7, 11) is 0. The molecule has 0 aliphatic rings. The quantitative estimate of drug-likeness (QED) is 0.765. The molecule has 0 radical (unpaired) electrons. The van der Waals surface area contributed by atoms with Crippen LogP contribution in [0.2, 0.25) is 0 Å². The smallest absolute Gasteiger partial charge is 0.0677 e. The predicted octanol–water partition coefficient (Wildman–Crippen LogP) is 3.77. The molecule has 2 aromatic rings. The summed E-state index contributed by atoms with van der Waals surface area (Å²) in [6.07, 6.45) is 4.88. The monoisotopic (exact) mass is 228 g/mol. The topological polar surface area (TPSA) is 17.8 Å². The average molecular weight is 228 g/mol. The molecular weight excluding hydrogens is 208 g/mol. The van der Waals surface area contributed by atoms with Gasteiger partial charge in [-0.15, -0.1) is 0 Å². The van der Waals surface area contributed by atoms with Gasteiger partial charge in [0.25, 0.3) is 0 Å². The number of benzene rings is 1. The summed E-state index contributed by atoms with van der Waals surface area (Å²) in [6.45, 7) is 8.94. The fourth-order valence-electron chi connectivity index (χ4n) is 2.06. The second-order valence-corrected chi connectivity index (χ2v) is 5.82. The minimum Gasteiger partial charge on any atom is -0.241 e. The molecule has 0 fully saturated rings. The lowest BCUT2D eigenvalue weighted by atomic mass is 9.87. The number of rotatable bonds is 2.